The standard InChI is InChI=1S/C14H9F2N3O2/c1-21-14(20)11-3-2-4-19-13(11)17-12(18-19)8-5-9(15)7-10(16)6-8/h2-7H,1H3. The number of benzene rings is 1. The van der Waals surface area contributed by atoms with Gasteiger partial charge >= 0.3 is 5.97 Å². The van der Waals surface area contributed by atoms with Crippen LogP contribution in [0.25, 0.3) is 17.0 Å². The van der Waals surface area contributed by atoms with E-state index in [4.69, 9.17) is 0 Å². The van der Waals surface area contributed by atoms with Crippen LogP contribution >= 0.6 is 0 Å². The predicted octanol–water partition coefficient (Wildman–Crippen LogP) is 2.46. The second kappa shape index (κ2) is 4.93. The Hall–Kier alpha value is -2.83. The minimum Gasteiger partial charge on any atom is -0.465 e. The zero-order valence-electron chi connectivity index (χ0n) is 10.9. The zero-order valence-corrected chi connectivity index (χ0v) is 10.9. The molecule has 0 saturated heterocycles. The molecular formula is C14H9F2N3O2. The number of rotatable bonds is 2. The van der Waals surface area contributed by atoms with E-state index in [1.54, 1.807) is 12.3 Å². The van der Waals surface area contributed by atoms with Gasteiger partial charge in [0.1, 0.15) is 17.2 Å². The van der Waals surface area contributed by atoms with Crippen LogP contribution in [0.2, 0.25) is 0 Å². The Bertz CT molecular complexity index is 825. The van der Waals surface area contributed by atoms with Crippen LogP contribution in [-0.4, -0.2) is 27.7 Å². The van der Waals surface area contributed by atoms with E-state index in [0.717, 1.165) is 18.2 Å². The molecule has 7 heteroatoms. The Kier molecular flexibility index (Phi) is 3.09. The fourth-order valence-corrected chi connectivity index (χ4v) is 1.98. The van der Waals surface area contributed by atoms with Gasteiger partial charge in [-0.2, -0.15) is 0 Å². The fraction of sp³-hybridized carbons (Fsp3) is 0.0714. The summed E-state index contributed by atoms with van der Waals surface area (Å²) in [5.74, 6) is -1.90. The summed E-state index contributed by atoms with van der Waals surface area (Å²) < 4.78 is 32.5. The Morgan fingerprint density at radius 3 is 2.62 bits per heavy atom. The van der Waals surface area contributed by atoms with Crippen molar-refractivity contribution in [2.24, 2.45) is 0 Å². The molecule has 2 aromatic heterocycles. The monoisotopic (exact) mass is 289 g/mol. The quantitative estimate of drug-likeness (QED) is 0.680. The molecule has 106 valence electrons. The number of halogens is 2. The van der Waals surface area contributed by atoms with Crippen LogP contribution in [0.4, 0.5) is 8.78 Å². The zero-order chi connectivity index (χ0) is 15.0. The summed E-state index contributed by atoms with van der Waals surface area (Å²) in [4.78, 5) is 15.8. The molecule has 21 heavy (non-hydrogen) atoms. The molecule has 3 aromatic rings. The van der Waals surface area contributed by atoms with Gasteiger partial charge in [0, 0.05) is 17.8 Å². The van der Waals surface area contributed by atoms with Crippen LogP contribution in [0.1, 0.15) is 10.4 Å². The second-order valence-corrected chi connectivity index (χ2v) is 4.28. The fourth-order valence-electron chi connectivity index (χ4n) is 1.98. The summed E-state index contributed by atoms with van der Waals surface area (Å²) in [5, 5.41) is 4.11. The number of esters is 1. The maximum atomic E-state index is 13.3. The van der Waals surface area contributed by atoms with E-state index in [9.17, 15) is 13.6 Å². The number of pyridine rings is 1. The minimum atomic E-state index is -0.725. The smallest absolute Gasteiger partial charge is 0.341 e. The molecule has 0 bridgehead atoms. The number of methoxy groups -OCH3 is 1. The highest BCUT2D eigenvalue weighted by Gasteiger charge is 2.16. The Morgan fingerprint density at radius 1 is 1.24 bits per heavy atom. The number of aromatic nitrogens is 3. The number of carbonyl (C=O) groups excluding carboxylic acids is 1. The third-order valence-corrected chi connectivity index (χ3v) is 2.89. The van der Waals surface area contributed by atoms with Gasteiger partial charge in [-0.1, -0.05) is 0 Å². The highest BCUT2D eigenvalue weighted by Crippen LogP contribution is 2.20. The van der Waals surface area contributed by atoms with Crippen molar-refractivity contribution in [3.63, 3.8) is 0 Å². The number of ether oxygens (including phenoxy) is 1. The molecule has 0 atom stereocenters. The predicted molar refractivity (Wildman–Crippen MR) is 69.7 cm³/mol. The summed E-state index contributed by atoms with van der Waals surface area (Å²) in [6.45, 7) is 0. The molecule has 0 saturated carbocycles. The van der Waals surface area contributed by atoms with E-state index < -0.39 is 17.6 Å². The molecule has 0 aliphatic heterocycles. The van der Waals surface area contributed by atoms with Gasteiger partial charge in [0.2, 0.25) is 0 Å². The first-order valence-electron chi connectivity index (χ1n) is 5.98. The van der Waals surface area contributed by atoms with Crippen molar-refractivity contribution < 1.29 is 18.3 Å². The molecule has 0 aliphatic carbocycles. The number of hydrogen-bond acceptors (Lipinski definition) is 4. The van der Waals surface area contributed by atoms with Gasteiger partial charge < -0.3 is 4.74 Å². The molecule has 0 radical (unpaired) electrons. The topological polar surface area (TPSA) is 56.5 Å². The van der Waals surface area contributed by atoms with E-state index in [2.05, 4.69) is 14.8 Å². The Labute approximate surface area is 117 Å². The molecule has 5 nitrogen and oxygen atoms in total. The first-order chi connectivity index (χ1) is 10.1. The molecule has 0 amide bonds. The lowest BCUT2D eigenvalue weighted by Crippen LogP contribution is -2.04. The lowest BCUT2D eigenvalue weighted by atomic mass is 10.2. The van der Waals surface area contributed by atoms with Crippen LogP contribution < -0.4 is 0 Å². The van der Waals surface area contributed by atoms with Gasteiger partial charge in [0.05, 0.1) is 7.11 Å². The maximum Gasteiger partial charge on any atom is 0.341 e. The van der Waals surface area contributed by atoms with Crippen LogP contribution in [0.15, 0.2) is 36.5 Å². The van der Waals surface area contributed by atoms with Gasteiger partial charge in [-0.25, -0.2) is 23.1 Å². The first kappa shape index (κ1) is 13.2. The van der Waals surface area contributed by atoms with E-state index in [1.807, 2.05) is 0 Å². The maximum absolute atomic E-state index is 13.3. The molecule has 0 aliphatic rings. The first-order valence-corrected chi connectivity index (χ1v) is 5.98. The lowest BCUT2D eigenvalue weighted by Gasteiger charge is -1.99. The average Bonchev–Trinajstić information content (AvgIpc) is 2.89. The second-order valence-electron chi connectivity index (χ2n) is 4.28. The molecule has 3 rings (SSSR count). The van der Waals surface area contributed by atoms with Crippen molar-refractivity contribution in [2.75, 3.05) is 7.11 Å². The normalized spacial score (nSPS) is 10.8. The van der Waals surface area contributed by atoms with Crippen molar-refractivity contribution >= 4 is 11.6 Å². The largest absolute Gasteiger partial charge is 0.465 e. The van der Waals surface area contributed by atoms with Crippen molar-refractivity contribution in [2.45, 2.75) is 0 Å². The molecule has 0 fully saturated rings. The van der Waals surface area contributed by atoms with E-state index in [-0.39, 0.29) is 22.6 Å². The van der Waals surface area contributed by atoms with Crippen molar-refractivity contribution in [3.05, 3.63) is 53.7 Å². The van der Waals surface area contributed by atoms with E-state index in [1.165, 1.54) is 17.7 Å². The molecule has 0 N–H and O–H groups in total. The Balaban J connectivity index is 2.19. The number of carbonyl (C=O) groups is 1. The molecule has 0 spiro atoms. The number of hydrogen-bond donors (Lipinski definition) is 0. The summed E-state index contributed by atoms with van der Waals surface area (Å²) in [6.07, 6.45) is 1.58. The van der Waals surface area contributed by atoms with Crippen molar-refractivity contribution in [1.82, 2.24) is 14.6 Å². The third-order valence-electron chi connectivity index (χ3n) is 2.89. The number of fused-ring (bicyclic) bond motifs is 1. The highest BCUT2D eigenvalue weighted by molar-refractivity contribution is 5.95. The minimum absolute atomic E-state index is 0.116. The SMILES string of the molecule is COC(=O)c1cccn2nc(-c3cc(F)cc(F)c3)nc12. The Morgan fingerprint density at radius 2 is 1.95 bits per heavy atom. The number of nitrogens with zero attached hydrogens (tertiary/aromatic N) is 3. The molecule has 0 unspecified atom stereocenters. The molecule has 2 heterocycles. The summed E-state index contributed by atoms with van der Waals surface area (Å²) in [6, 6.07) is 6.14. The molecule has 1 aromatic carbocycles. The van der Waals surface area contributed by atoms with Gasteiger partial charge in [-0.05, 0) is 24.3 Å². The van der Waals surface area contributed by atoms with Gasteiger partial charge in [-0.15, -0.1) is 5.10 Å². The van der Waals surface area contributed by atoms with Gasteiger partial charge in [0.25, 0.3) is 0 Å². The average molecular weight is 289 g/mol. The van der Waals surface area contributed by atoms with Gasteiger partial charge in [-0.3, -0.25) is 0 Å². The third kappa shape index (κ3) is 2.33. The summed E-state index contributed by atoms with van der Waals surface area (Å²) in [7, 11) is 1.26. The van der Waals surface area contributed by atoms with E-state index >= 15 is 0 Å². The van der Waals surface area contributed by atoms with E-state index in [0.29, 0.717) is 0 Å². The summed E-state index contributed by atoms with van der Waals surface area (Å²) >= 11 is 0. The molecular weight excluding hydrogens is 280 g/mol. The van der Waals surface area contributed by atoms with Crippen LogP contribution in [0.5, 0.6) is 0 Å². The van der Waals surface area contributed by atoms with Crippen LogP contribution in [0, 0.1) is 11.6 Å². The van der Waals surface area contributed by atoms with Gasteiger partial charge in [0.15, 0.2) is 11.5 Å². The highest BCUT2D eigenvalue weighted by atomic mass is 19.1. The lowest BCUT2D eigenvalue weighted by molar-refractivity contribution is 0.0602. The van der Waals surface area contributed by atoms with Crippen LogP contribution in [0.3, 0.4) is 0 Å². The van der Waals surface area contributed by atoms with Crippen molar-refractivity contribution in [3.8, 4) is 11.4 Å². The van der Waals surface area contributed by atoms with Crippen molar-refractivity contribution in [1.29, 1.82) is 0 Å². The summed E-state index contributed by atoms with van der Waals surface area (Å²) in [5.41, 5.74) is 0.659. The van der Waals surface area contributed by atoms with Crippen LogP contribution in [-0.2, 0) is 4.74 Å².